The standard InChI is InChI=1S/C18H18O2/c1-12-2-4-14-6-7-17(10-18(14)20-12)19-11-16-9-13-3-5-15(16)8-13/h2-7,10,13,15-16H,1,8-9,11H2. The number of hydrogen-bond donors (Lipinski definition) is 0. The molecule has 2 nitrogen and oxygen atoms in total. The molecule has 1 heterocycles. The number of ether oxygens (including phenoxy) is 2. The summed E-state index contributed by atoms with van der Waals surface area (Å²) in [5, 5.41) is 0. The smallest absolute Gasteiger partial charge is 0.138 e. The van der Waals surface area contributed by atoms with Crippen molar-refractivity contribution >= 4 is 6.08 Å². The van der Waals surface area contributed by atoms with E-state index in [9.17, 15) is 0 Å². The van der Waals surface area contributed by atoms with E-state index in [0.717, 1.165) is 35.5 Å². The molecule has 1 aliphatic heterocycles. The highest BCUT2D eigenvalue weighted by Gasteiger charge is 2.35. The summed E-state index contributed by atoms with van der Waals surface area (Å²) in [4.78, 5) is 0. The number of rotatable bonds is 3. The van der Waals surface area contributed by atoms with Gasteiger partial charge in [0, 0.05) is 11.6 Å². The van der Waals surface area contributed by atoms with Crippen LogP contribution in [0.25, 0.3) is 6.08 Å². The molecule has 1 fully saturated rings. The molecule has 3 atom stereocenters. The van der Waals surface area contributed by atoms with Crippen LogP contribution in [0.4, 0.5) is 0 Å². The molecule has 0 saturated heterocycles. The highest BCUT2D eigenvalue weighted by atomic mass is 16.5. The van der Waals surface area contributed by atoms with E-state index in [-0.39, 0.29) is 0 Å². The molecular weight excluding hydrogens is 248 g/mol. The van der Waals surface area contributed by atoms with E-state index in [1.807, 2.05) is 30.4 Å². The molecule has 20 heavy (non-hydrogen) atoms. The zero-order valence-electron chi connectivity index (χ0n) is 11.4. The minimum Gasteiger partial charge on any atom is -0.493 e. The second kappa shape index (κ2) is 4.55. The third-order valence-electron chi connectivity index (χ3n) is 4.56. The zero-order chi connectivity index (χ0) is 13.5. The Labute approximate surface area is 119 Å². The SMILES string of the molecule is C=C1C=Cc2ccc(OCC3CC4C=CC3C4)cc2O1. The highest BCUT2D eigenvalue weighted by molar-refractivity contribution is 5.63. The first-order valence-electron chi connectivity index (χ1n) is 7.28. The molecule has 1 aromatic rings. The van der Waals surface area contributed by atoms with Gasteiger partial charge in [-0.1, -0.05) is 18.7 Å². The number of fused-ring (bicyclic) bond motifs is 3. The average molecular weight is 266 g/mol. The molecule has 0 radical (unpaired) electrons. The molecule has 102 valence electrons. The van der Waals surface area contributed by atoms with Crippen LogP contribution in [0.2, 0.25) is 0 Å². The molecular formula is C18H18O2. The van der Waals surface area contributed by atoms with Gasteiger partial charge in [-0.25, -0.2) is 0 Å². The van der Waals surface area contributed by atoms with Gasteiger partial charge in [0.1, 0.15) is 17.3 Å². The number of hydrogen-bond acceptors (Lipinski definition) is 2. The lowest BCUT2D eigenvalue weighted by atomic mass is 9.95. The van der Waals surface area contributed by atoms with Crippen LogP contribution < -0.4 is 9.47 Å². The van der Waals surface area contributed by atoms with Crippen LogP contribution in [0.15, 0.2) is 48.8 Å². The molecule has 1 aromatic carbocycles. The molecule has 3 aliphatic rings. The normalized spacial score (nSPS) is 29.4. The van der Waals surface area contributed by atoms with Crippen LogP contribution in [-0.4, -0.2) is 6.61 Å². The third-order valence-corrected chi connectivity index (χ3v) is 4.56. The lowest BCUT2D eigenvalue weighted by Crippen LogP contribution is -2.16. The van der Waals surface area contributed by atoms with Gasteiger partial charge < -0.3 is 9.47 Å². The summed E-state index contributed by atoms with van der Waals surface area (Å²) in [7, 11) is 0. The van der Waals surface area contributed by atoms with Crippen LogP contribution in [0.1, 0.15) is 18.4 Å². The van der Waals surface area contributed by atoms with Gasteiger partial charge in [0.2, 0.25) is 0 Å². The minimum absolute atomic E-state index is 0.674. The van der Waals surface area contributed by atoms with Gasteiger partial charge in [-0.05, 0) is 54.9 Å². The summed E-state index contributed by atoms with van der Waals surface area (Å²) in [5.74, 6) is 4.61. The van der Waals surface area contributed by atoms with Crippen LogP contribution in [0.3, 0.4) is 0 Å². The van der Waals surface area contributed by atoms with E-state index in [2.05, 4.69) is 18.7 Å². The van der Waals surface area contributed by atoms with Crippen molar-refractivity contribution in [2.45, 2.75) is 12.8 Å². The Kier molecular flexibility index (Phi) is 2.69. The Bertz CT molecular complexity index is 612. The third kappa shape index (κ3) is 2.05. The van der Waals surface area contributed by atoms with Crippen molar-refractivity contribution in [3.8, 4) is 11.5 Å². The molecule has 0 amide bonds. The van der Waals surface area contributed by atoms with Crippen LogP contribution in [-0.2, 0) is 0 Å². The number of benzene rings is 1. The molecule has 4 rings (SSSR count). The van der Waals surface area contributed by atoms with Gasteiger partial charge >= 0.3 is 0 Å². The van der Waals surface area contributed by atoms with Crippen molar-refractivity contribution < 1.29 is 9.47 Å². The molecule has 1 saturated carbocycles. The predicted octanol–water partition coefficient (Wildman–Crippen LogP) is 4.20. The van der Waals surface area contributed by atoms with Gasteiger partial charge in [-0.3, -0.25) is 0 Å². The maximum absolute atomic E-state index is 5.98. The average Bonchev–Trinajstić information content (AvgIpc) is 3.07. The summed E-state index contributed by atoms with van der Waals surface area (Å²) < 4.78 is 11.6. The van der Waals surface area contributed by atoms with E-state index in [1.165, 1.54) is 12.8 Å². The Morgan fingerprint density at radius 1 is 1.20 bits per heavy atom. The summed E-state index contributed by atoms with van der Waals surface area (Å²) in [6.45, 7) is 4.63. The van der Waals surface area contributed by atoms with Crippen LogP contribution in [0.5, 0.6) is 11.5 Å². The lowest BCUT2D eigenvalue weighted by molar-refractivity contribution is 0.227. The molecule has 0 N–H and O–H groups in total. The maximum Gasteiger partial charge on any atom is 0.138 e. The number of allylic oxidation sites excluding steroid dienone is 3. The van der Waals surface area contributed by atoms with Gasteiger partial charge in [0.05, 0.1) is 6.61 Å². The second-order valence-electron chi connectivity index (χ2n) is 5.95. The van der Waals surface area contributed by atoms with Gasteiger partial charge in [0.15, 0.2) is 0 Å². The first kappa shape index (κ1) is 11.8. The fourth-order valence-corrected chi connectivity index (χ4v) is 3.48. The topological polar surface area (TPSA) is 18.5 Å². The molecule has 0 aromatic heterocycles. The summed E-state index contributed by atoms with van der Waals surface area (Å²) >= 11 is 0. The Morgan fingerprint density at radius 3 is 2.95 bits per heavy atom. The fourth-order valence-electron chi connectivity index (χ4n) is 3.48. The molecule has 3 unspecified atom stereocenters. The van der Waals surface area contributed by atoms with Crippen molar-refractivity contribution in [2.75, 3.05) is 6.61 Å². The zero-order valence-corrected chi connectivity index (χ0v) is 11.4. The van der Waals surface area contributed by atoms with Crippen LogP contribution in [0, 0.1) is 17.8 Å². The molecule has 2 aliphatic carbocycles. The van der Waals surface area contributed by atoms with Gasteiger partial charge in [0.25, 0.3) is 0 Å². The lowest BCUT2D eigenvalue weighted by Gasteiger charge is -2.20. The van der Waals surface area contributed by atoms with E-state index >= 15 is 0 Å². The molecule has 0 spiro atoms. The van der Waals surface area contributed by atoms with E-state index in [4.69, 9.17) is 9.47 Å². The minimum atomic E-state index is 0.674. The van der Waals surface area contributed by atoms with Gasteiger partial charge in [-0.15, -0.1) is 0 Å². The fraction of sp³-hybridized carbons (Fsp3) is 0.333. The first-order valence-corrected chi connectivity index (χ1v) is 7.28. The van der Waals surface area contributed by atoms with Crippen molar-refractivity contribution in [2.24, 2.45) is 17.8 Å². The Hall–Kier alpha value is -1.96. The van der Waals surface area contributed by atoms with Crippen molar-refractivity contribution in [3.05, 3.63) is 54.3 Å². The van der Waals surface area contributed by atoms with E-state index in [1.54, 1.807) is 0 Å². The largest absolute Gasteiger partial charge is 0.493 e. The first-order chi connectivity index (χ1) is 9.78. The monoisotopic (exact) mass is 266 g/mol. The second-order valence-corrected chi connectivity index (χ2v) is 5.95. The Morgan fingerprint density at radius 2 is 2.15 bits per heavy atom. The highest BCUT2D eigenvalue weighted by Crippen LogP contribution is 2.43. The van der Waals surface area contributed by atoms with E-state index < -0.39 is 0 Å². The Balaban J connectivity index is 1.45. The van der Waals surface area contributed by atoms with Crippen molar-refractivity contribution in [1.82, 2.24) is 0 Å². The summed E-state index contributed by atoms with van der Waals surface area (Å²) in [5.41, 5.74) is 1.08. The van der Waals surface area contributed by atoms with Crippen molar-refractivity contribution in [3.63, 3.8) is 0 Å². The van der Waals surface area contributed by atoms with Gasteiger partial charge in [-0.2, -0.15) is 0 Å². The quantitative estimate of drug-likeness (QED) is 0.763. The summed E-state index contributed by atoms with van der Waals surface area (Å²) in [6, 6.07) is 6.02. The maximum atomic E-state index is 5.98. The van der Waals surface area contributed by atoms with E-state index in [0.29, 0.717) is 11.7 Å². The predicted molar refractivity (Wildman–Crippen MR) is 79.6 cm³/mol. The van der Waals surface area contributed by atoms with Crippen LogP contribution >= 0.6 is 0 Å². The molecule has 2 heteroatoms. The summed E-state index contributed by atoms with van der Waals surface area (Å²) in [6.07, 6.45) is 11.2. The van der Waals surface area contributed by atoms with Crippen molar-refractivity contribution in [1.29, 1.82) is 0 Å². The molecule has 2 bridgehead atoms.